The predicted molar refractivity (Wildman–Crippen MR) is 113 cm³/mol. The normalized spacial score (nSPS) is 33.6. The molecule has 0 heterocycles. The molecule has 2 aliphatic rings. The van der Waals surface area contributed by atoms with Gasteiger partial charge in [-0.05, 0) is 43.9 Å². The Morgan fingerprint density at radius 3 is 2.23 bits per heavy atom. The van der Waals surface area contributed by atoms with E-state index in [2.05, 4.69) is 12.2 Å². The minimum Gasteiger partial charge on any atom is -0.384 e. The van der Waals surface area contributed by atoms with Gasteiger partial charge in [-0.3, -0.25) is 4.57 Å². The van der Waals surface area contributed by atoms with E-state index in [4.69, 9.17) is 30.3 Å². The Labute approximate surface area is 168 Å². The van der Waals surface area contributed by atoms with Gasteiger partial charge in [-0.25, -0.2) is 0 Å². The van der Waals surface area contributed by atoms with Crippen molar-refractivity contribution in [3.63, 3.8) is 0 Å². The molecular formula is C16H34O6P2S2. The van der Waals surface area contributed by atoms with Crippen LogP contribution in [0.4, 0.5) is 0 Å². The highest BCUT2D eigenvalue weighted by Crippen LogP contribution is 2.50. The zero-order valence-corrected chi connectivity index (χ0v) is 19.7. The summed E-state index contributed by atoms with van der Waals surface area (Å²) in [5.74, 6) is 0.416. The van der Waals surface area contributed by atoms with Gasteiger partial charge in [0.1, 0.15) is 0 Å². The summed E-state index contributed by atoms with van der Waals surface area (Å²) in [6.45, 7) is -1.29. The SMILES string of the molecule is COC1CCCC(OP(C)(=O)S)C1.COCC1CCCC1OP(C)(O)=S. The molecule has 156 valence electrons. The lowest BCUT2D eigenvalue weighted by Gasteiger charge is -2.28. The lowest BCUT2D eigenvalue weighted by molar-refractivity contribution is 0.0235. The molecule has 0 aromatic rings. The second-order valence-corrected chi connectivity index (χ2v) is 15.0. The van der Waals surface area contributed by atoms with Crippen molar-refractivity contribution < 1.29 is 28.0 Å². The van der Waals surface area contributed by atoms with Crippen molar-refractivity contribution in [3.8, 4) is 0 Å². The largest absolute Gasteiger partial charge is 0.384 e. The Hall–Kier alpha value is 1.03. The van der Waals surface area contributed by atoms with E-state index in [0.717, 1.165) is 44.9 Å². The van der Waals surface area contributed by atoms with Gasteiger partial charge in [0.05, 0.1) is 24.9 Å². The molecular weight excluding hydrogens is 414 g/mol. The first-order valence-electron chi connectivity index (χ1n) is 9.03. The molecule has 0 radical (unpaired) electrons. The van der Waals surface area contributed by atoms with Crippen molar-refractivity contribution >= 4 is 37.1 Å². The summed E-state index contributed by atoms with van der Waals surface area (Å²) in [5, 5.41) is 0. The molecule has 2 fully saturated rings. The van der Waals surface area contributed by atoms with Crippen LogP contribution in [0.2, 0.25) is 0 Å². The second kappa shape index (κ2) is 11.9. The van der Waals surface area contributed by atoms with Gasteiger partial charge in [0.25, 0.3) is 6.57 Å². The fourth-order valence-electron chi connectivity index (χ4n) is 3.49. The van der Waals surface area contributed by atoms with Crippen LogP contribution in [0.15, 0.2) is 0 Å². The lowest BCUT2D eigenvalue weighted by atomic mass is 9.95. The standard InChI is InChI=1S/2C8H17O3PS/c1-10-6-7-4-3-5-8(7)11-12(2,9)13;1-10-7-4-3-5-8(6-7)11-12(2,9)13/h2*7-8H,3-6H2,1-2H3,(H,9,13). The molecule has 0 aliphatic heterocycles. The molecule has 6 atom stereocenters. The molecule has 0 aromatic carbocycles. The number of hydrogen-bond donors (Lipinski definition) is 2. The van der Waals surface area contributed by atoms with Crippen molar-refractivity contribution in [3.05, 3.63) is 0 Å². The Morgan fingerprint density at radius 1 is 1.08 bits per heavy atom. The molecule has 6 unspecified atom stereocenters. The number of rotatable bonds is 7. The molecule has 0 bridgehead atoms. The van der Waals surface area contributed by atoms with Crippen molar-refractivity contribution in [1.82, 2.24) is 0 Å². The van der Waals surface area contributed by atoms with Crippen LogP contribution in [0.3, 0.4) is 0 Å². The van der Waals surface area contributed by atoms with Gasteiger partial charge in [0.15, 0.2) is 6.49 Å². The van der Waals surface area contributed by atoms with E-state index in [9.17, 15) is 9.46 Å². The Kier molecular flexibility index (Phi) is 11.5. The fraction of sp³-hybridized carbons (Fsp3) is 1.00. The van der Waals surface area contributed by atoms with Crippen LogP contribution >= 0.6 is 25.3 Å². The lowest BCUT2D eigenvalue weighted by Crippen LogP contribution is -2.26. The molecule has 6 nitrogen and oxygen atoms in total. The maximum Gasteiger partial charge on any atom is 0.252 e. The third-order valence-corrected chi connectivity index (χ3v) is 6.45. The van der Waals surface area contributed by atoms with Gasteiger partial charge < -0.3 is 23.4 Å². The first kappa shape index (κ1) is 25.1. The third kappa shape index (κ3) is 11.1. The van der Waals surface area contributed by atoms with Crippen molar-refractivity contribution in [1.29, 1.82) is 0 Å². The molecule has 0 spiro atoms. The minimum absolute atomic E-state index is 0.0621. The number of ether oxygens (including phenoxy) is 2. The molecule has 26 heavy (non-hydrogen) atoms. The van der Waals surface area contributed by atoms with Gasteiger partial charge >= 0.3 is 0 Å². The summed E-state index contributed by atoms with van der Waals surface area (Å²) < 4.78 is 32.4. The van der Waals surface area contributed by atoms with Crippen molar-refractivity contribution in [2.45, 2.75) is 63.3 Å². The Bertz CT molecular complexity index is 495. The van der Waals surface area contributed by atoms with E-state index in [1.54, 1.807) is 20.9 Å². The molecule has 10 heteroatoms. The zero-order chi connectivity index (χ0) is 19.8. The summed E-state index contributed by atoms with van der Waals surface area (Å²) in [6, 6.07) is 0. The first-order valence-corrected chi connectivity index (χ1v) is 15.4. The molecule has 0 amide bonds. The summed E-state index contributed by atoms with van der Waals surface area (Å²) >= 11 is 8.78. The van der Waals surface area contributed by atoms with Crippen LogP contribution in [0.5, 0.6) is 0 Å². The summed E-state index contributed by atoms with van der Waals surface area (Å²) in [4.78, 5) is 9.43. The quantitative estimate of drug-likeness (QED) is 0.440. The van der Waals surface area contributed by atoms with Gasteiger partial charge in [0.2, 0.25) is 0 Å². The number of methoxy groups -OCH3 is 2. The van der Waals surface area contributed by atoms with Crippen molar-refractivity contribution in [2.75, 3.05) is 34.2 Å². The fourth-order valence-corrected chi connectivity index (χ4v) is 5.74. The van der Waals surface area contributed by atoms with E-state index >= 15 is 0 Å². The van der Waals surface area contributed by atoms with Gasteiger partial charge in [0, 0.05) is 39.9 Å². The molecule has 0 aromatic heterocycles. The van der Waals surface area contributed by atoms with Gasteiger partial charge in [-0.2, -0.15) is 0 Å². The second-order valence-electron chi connectivity index (χ2n) is 7.15. The smallest absolute Gasteiger partial charge is 0.252 e. The van der Waals surface area contributed by atoms with E-state index in [0.29, 0.717) is 12.5 Å². The summed E-state index contributed by atoms with van der Waals surface area (Å²) in [7, 11) is 3.40. The van der Waals surface area contributed by atoms with Crippen LogP contribution in [-0.4, -0.2) is 57.4 Å². The minimum atomic E-state index is -2.63. The van der Waals surface area contributed by atoms with E-state index in [-0.39, 0.29) is 18.3 Å². The first-order chi connectivity index (χ1) is 12.0. The van der Waals surface area contributed by atoms with Gasteiger partial charge in [-0.1, -0.05) is 18.7 Å². The van der Waals surface area contributed by atoms with E-state index in [1.165, 1.54) is 6.66 Å². The predicted octanol–water partition coefficient (Wildman–Crippen LogP) is 4.46. The maximum atomic E-state index is 11.3. The molecule has 1 N–H and O–H groups in total. The highest BCUT2D eigenvalue weighted by molar-refractivity contribution is 8.46. The van der Waals surface area contributed by atoms with Crippen LogP contribution in [0.1, 0.15) is 44.9 Å². The van der Waals surface area contributed by atoms with Crippen molar-refractivity contribution in [2.24, 2.45) is 5.92 Å². The van der Waals surface area contributed by atoms with Crippen LogP contribution < -0.4 is 0 Å². The Balaban J connectivity index is 0.000000260. The number of thiol groups is 1. The highest BCUT2D eigenvalue weighted by Gasteiger charge is 2.30. The third-order valence-electron chi connectivity index (χ3n) is 4.56. The van der Waals surface area contributed by atoms with Crippen LogP contribution in [0, 0.1) is 5.92 Å². The van der Waals surface area contributed by atoms with Crippen LogP contribution in [0.25, 0.3) is 0 Å². The maximum absolute atomic E-state index is 11.3. The van der Waals surface area contributed by atoms with E-state index in [1.807, 2.05) is 0 Å². The summed E-state index contributed by atoms with van der Waals surface area (Å²) in [6.07, 6.45) is 7.68. The van der Waals surface area contributed by atoms with Crippen LogP contribution in [-0.2, 0) is 34.9 Å². The molecule has 2 aliphatic carbocycles. The molecule has 2 saturated carbocycles. The number of hydrogen-bond acceptors (Lipinski definition) is 6. The molecule has 2 rings (SSSR count). The molecule has 0 saturated heterocycles. The summed E-state index contributed by atoms with van der Waals surface area (Å²) in [5.41, 5.74) is 0. The average Bonchev–Trinajstić information content (AvgIpc) is 2.92. The average molecular weight is 449 g/mol. The topological polar surface area (TPSA) is 74.2 Å². The van der Waals surface area contributed by atoms with Gasteiger partial charge in [-0.15, -0.1) is 0 Å². The highest BCUT2D eigenvalue weighted by atomic mass is 32.7. The van der Waals surface area contributed by atoms with E-state index < -0.39 is 13.1 Å². The zero-order valence-electron chi connectivity index (χ0n) is 16.2. The monoisotopic (exact) mass is 448 g/mol. The Morgan fingerprint density at radius 2 is 1.69 bits per heavy atom.